The Morgan fingerprint density at radius 3 is 2.68 bits per heavy atom. The van der Waals surface area contributed by atoms with Crippen molar-refractivity contribution in [1.82, 2.24) is 15.0 Å². The van der Waals surface area contributed by atoms with E-state index in [4.69, 9.17) is 5.11 Å². The number of rotatable bonds is 8. The highest BCUT2D eigenvalue weighted by Crippen LogP contribution is 2.20. The van der Waals surface area contributed by atoms with Crippen molar-refractivity contribution in [2.24, 2.45) is 5.41 Å². The molecule has 1 heterocycles. The quantitative estimate of drug-likeness (QED) is 0.735. The lowest BCUT2D eigenvalue weighted by Gasteiger charge is -2.17. The van der Waals surface area contributed by atoms with Crippen molar-refractivity contribution >= 4 is 5.97 Å². The van der Waals surface area contributed by atoms with E-state index in [1.54, 1.807) is 0 Å². The SMILES string of the molecule is CC(C)(C)CCCn1cc(CCCCC(=O)O)nn1. The fourth-order valence-electron chi connectivity index (χ4n) is 1.92. The minimum atomic E-state index is -0.731. The predicted octanol–water partition coefficient (Wildman–Crippen LogP) is 2.90. The molecule has 19 heavy (non-hydrogen) atoms. The van der Waals surface area contributed by atoms with Crippen molar-refractivity contribution < 1.29 is 9.90 Å². The topological polar surface area (TPSA) is 68.0 Å². The van der Waals surface area contributed by atoms with Gasteiger partial charge >= 0.3 is 5.97 Å². The fourth-order valence-corrected chi connectivity index (χ4v) is 1.92. The summed E-state index contributed by atoms with van der Waals surface area (Å²) >= 11 is 0. The monoisotopic (exact) mass is 267 g/mol. The first-order valence-electron chi connectivity index (χ1n) is 6.98. The zero-order chi connectivity index (χ0) is 14.3. The third kappa shape index (κ3) is 7.59. The van der Waals surface area contributed by atoms with E-state index in [2.05, 4.69) is 31.1 Å². The molecule has 0 aromatic carbocycles. The molecule has 5 heteroatoms. The molecule has 0 spiro atoms. The van der Waals surface area contributed by atoms with Gasteiger partial charge in [0.15, 0.2) is 0 Å². The van der Waals surface area contributed by atoms with Crippen LogP contribution in [0.5, 0.6) is 0 Å². The summed E-state index contributed by atoms with van der Waals surface area (Å²) in [5.74, 6) is -0.731. The highest BCUT2D eigenvalue weighted by molar-refractivity contribution is 5.66. The Balaban J connectivity index is 2.22. The Bertz CT molecular complexity index is 394. The Kier molecular flexibility index (Phi) is 5.99. The highest BCUT2D eigenvalue weighted by atomic mass is 16.4. The molecule has 0 saturated heterocycles. The van der Waals surface area contributed by atoms with Crippen molar-refractivity contribution in [3.8, 4) is 0 Å². The maximum Gasteiger partial charge on any atom is 0.303 e. The summed E-state index contributed by atoms with van der Waals surface area (Å²) in [6.45, 7) is 7.62. The number of carbonyl (C=O) groups is 1. The van der Waals surface area contributed by atoms with Gasteiger partial charge in [-0.1, -0.05) is 26.0 Å². The lowest BCUT2D eigenvalue weighted by Crippen LogP contribution is -2.07. The minimum Gasteiger partial charge on any atom is -0.481 e. The van der Waals surface area contributed by atoms with Crippen LogP contribution in [-0.4, -0.2) is 26.1 Å². The van der Waals surface area contributed by atoms with Crippen LogP contribution in [0, 0.1) is 5.41 Å². The lowest BCUT2D eigenvalue weighted by atomic mass is 9.91. The molecule has 1 aromatic heterocycles. The minimum absolute atomic E-state index is 0.236. The second-order valence-corrected chi connectivity index (χ2v) is 6.24. The lowest BCUT2D eigenvalue weighted by molar-refractivity contribution is -0.137. The summed E-state index contributed by atoms with van der Waals surface area (Å²) in [4.78, 5) is 10.4. The average Bonchev–Trinajstić information content (AvgIpc) is 2.70. The number of carboxylic acid groups (broad SMARTS) is 1. The summed E-state index contributed by atoms with van der Waals surface area (Å²) in [5, 5.41) is 16.8. The van der Waals surface area contributed by atoms with Crippen LogP contribution in [0.25, 0.3) is 0 Å². The normalized spacial score (nSPS) is 11.7. The highest BCUT2D eigenvalue weighted by Gasteiger charge is 2.09. The van der Waals surface area contributed by atoms with Gasteiger partial charge in [-0.15, -0.1) is 5.10 Å². The number of aliphatic carboxylic acids is 1. The molecule has 0 unspecified atom stereocenters. The Labute approximate surface area is 115 Å². The zero-order valence-corrected chi connectivity index (χ0v) is 12.2. The van der Waals surface area contributed by atoms with Crippen LogP contribution in [0.2, 0.25) is 0 Å². The fraction of sp³-hybridized carbons (Fsp3) is 0.786. The summed E-state index contributed by atoms with van der Waals surface area (Å²) < 4.78 is 1.89. The van der Waals surface area contributed by atoms with E-state index >= 15 is 0 Å². The number of aromatic nitrogens is 3. The number of hydrogen-bond donors (Lipinski definition) is 1. The van der Waals surface area contributed by atoms with Crippen LogP contribution in [0.3, 0.4) is 0 Å². The van der Waals surface area contributed by atoms with Crippen LogP contribution in [0.4, 0.5) is 0 Å². The molecule has 0 saturated carbocycles. The molecule has 0 atom stereocenters. The van der Waals surface area contributed by atoms with Gasteiger partial charge in [0.25, 0.3) is 0 Å². The van der Waals surface area contributed by atoms with Crippen LogP contribution in [0.1, 0.15) is 58.6 Å². The van der Waals surface area contributed by atoms with E-state index < -0.39 is 5.97 Å². The first-order chi connectivity index (χ1) is 8.87. The third-order valence-electron chi connectivity index (χ3n) is 2.97. The van der Waals surface area contributed by atoms with Crippen LogP contribution < -0.4 is 0 Å². The molecule has 0 fully saturated rings. The largest absolute Gasteiger partial charge is 0.481 e. The number of nitrogens with zero attached hydrogens (tertiary/aromatic N) is 3. The molecule has 1 N–H and O–H groups in total. The molecule has 0 radical (unpaired) electrons. The second kappa shape index (κ2) is 7.26. The number of unbranched alkanes of at least 4 members (excludes halogenated alkanes) is 1. The van der Waals surface area contributed by atoms with Crippen LogP contribution >= 0.6 is 0 Å². The van der Waals surface area contributed by atoms with Crippen molar-refractivity contribution in [2.45, 2.75) is 65.8 Å². The summed E-state index contributed by atoms with van der Waals surface area (Å²) in [6, 6.07) is 0. The van der Waals surface area contributed by atoms with Crippen molar-refractivity contribution in [1.29, 1.82) is 0 Å². The third-order valence-corrected chi connectivity index (χ3v) is 2.97. The maximum absolute atomic E-state index is 10.4. The first-order valence-corrected chi connectivity index (χ1v) is 6.98. The molecular formula is C14H25N3O2. The molecule has 1 aromatic rings. The van der Waals surface area contributed by atoms with Gasteiger partial charge in [0.05, 0.1) is 5.69 Å². The van der Waals surface area contributed by atoms with E-state index in [9.17, 15) is 4.79 Å². The molecule has 0 aliphatic heterocycles. The molecule has 5 nitrogen and oxygen atoms in total. The van der Waals surface area contributed by atoms with Crippen LogP contribution in [0.15, 0.2) is 6.20 Å². The number of aryl methyl sites for hydroxylation is 2. The van der Waals surface area contributed by atoms with Gasteiger partial charge in [0.1, 0.15) is 0 Å². The van der Waals surface area contributed by atoms with Gasteiger partial charge in [-0.3, -0.25) is 9.48 Å². The molecule has 0 amide bonds. The van der Waals surface area contributed by atoms with Crippen molar-refractivity contribution in [2.75, 3.05) is 0 Å². The molecule has 1 rings (SSSR count). The Morgan fingerprint density at radius 2 is 2.05 bits per heavy atom. The predicted molar refractivity (Wildman–Crippen MR) is 73.9 cm³/mol. The molecule has 108 valence electrons. The average molecular weight is 267 g/mol. The maximum atomic E-state index is 10.4. The van der Waals surface area contributed by atoms with E-state index in [0.717, 1.165) is 31.5 Å². The molecular weight excluding hydrogens is 242 g/mol. The first kappa shape index (κ1) is 15.7. The Morgan fingerprint density at radius 1 is 1.32 bits per heavy atom. The molecule has 0 aliphatic rings. The zero-order valence-electron chi connectivity index (χ0n) is 12.2. The summed E-state index contributed by atoms with van der Waals surface area (Å²) in [5.41, 5.74) is 1.32. The summed E-state index contributed by atoms with van der Waals surface area (Å²) in [6.07, 6.45) is 6.85. The van der Waals surface area contributed by atoms with E-state index in [-0.39, 0.29) is 6.42 Å². The van der Waals surface area contributed by atoms with E-state index in [1.807, 2.05) is 10.9 Å². The van der Waals surface area contributed by atoms with E-state index in [1.165, 1.54) is 6.42 Å². The van der Waals surface area contributed by atoms with E-state index in [0.29, 0.717) is 11.8 Å². The van der Waals surface area contributed by atoms with Crippen LogP contribution in [-0.2, 0) is 17.8 Å². The van der Waals surface area contributed by atoms with Gasteiger partial charge in [0, 0.05) is 19.2 Å². The van der Waals surface area contributed by atoms with Gasteiger partial charge in [-0.05, 0) is 37.5 Å². The molecule has 0 bridgehead atoms. The van der Waals surface area contributed by atoms with Crippen molar-refractivity contribution in [3.63, 3.8) is 0 Å². The van der Waals surface area contributed by atoms with Gasteiger partial charge < -0.3 is 5.11 Å². The Hall–Kier alpha value is -1.39. The number of hydrogen-bond acceptors (Lipinski definition) is 3. The van der Waals surface area contributed by atoms with Gasteiger partial charge in [0.2, 0.25) is 0 Å². The summed E-state index contributed by atoms with van der Waals surface area (Å²) in [7, 11) is 0. The smallest absolute Gasteiger partial charge is 0.303 e. The second-order valence-electron chi connectivity index (χ2n) is 6.24. The van der Waals surface area contributed by atoms with Crippen molar-refractivity contribution in [3.05, 3.63) is 11.9 Å². The molecule has 0 aliphatic carbocycles. The number of carboxylic acids is 1. The van der Waals surface area contributed by atoms with Gasteiger partial charge in [-0.25, -0.2) is 0 Å². The standard InChI is InChI=1S/C14H25N3O2/c1-14(2,3)9-6-10-17-11-12(15-16-17)7-4-5-8-13(18)19/h11H,4-10H2,1-3H3,(H,18,19). The van der Waals surface area contributed by atoms with Gasteiger partial charge in [-0.2, -0.15) is 0 Å².